The molecule has 16 heteroatoms. The van der Waals surface area contributed by atoms with Gasteiger partial charge in [0, 0.05) is 55.3 Å². The minimum Gasteiger partial charge on any atom is -0.497 e. The number of carbonyl (C=O) groups is 1. The summed E-state index contributed by atoms with van der Waals surface area (Å²) in [7, 11) is -1.34. The lowest BCUT2D eigenvalue weighted by atomic mass is 9.73. The maximum absolute atomic E-state index is 11.2. The summed E-state index contributed by atoms with van der Waals surface area (Å²) in [4.78, 5) is 22.7. The van der Waals surface area contributed by atoms with E-state index >= 15 is 0 Å². The fraction of sp³-hybridized carbons (Fsp3) is 0.452. The molecule has 8 heterocycles. The van der Waals surface area contributed by atoms with Gasteiger partial charge in [-0.15, -0.1) is 13.2 Å². The second kappa shape index (κ2) is 20.4. The number of aliphatic carboxylic acids is 1. The van der Waals surface area contributed by atoms with Crippen LogP contribution in [-0.4, -0.2) is 117 Å². The lowest BCUT2D eigenvalue weighted by molar-refractivity contribution is -0.134. The van der Waals surface area contributed by atoms with Crippen LogP contribution >= 0.6 is 0 Å². The maximum atomic E-state index is 11.2. The number of carboxylic acids is 1. The van der Waals surface area contributed by atoms with E-state index in [0.29, 0.717) is 23.7 Å². The van der Waals surface area contributed by atoms with Crippen molar-refractivity contribution in [2.24, 2.45) is 23.7 Å². The summed E-state index contributed by atoms with van der Waals surface area (Å²) in [5, 5.41) is 31.7. The summed E-state index contributed by atoms with van der Waals surface area (Å²) in [5.74, 6) is 3.18. The third kappa shape index (κ3) is 11.4. The number of aromatic nitrogens is 2. The van der Waals surface area contributed by atoms with E-state index in [1.54, 1.807) is 26.6 Å². The minimum atomic E-state index is -4.67. The third-order valence-electron chi connectivity index (χ3n) is 11.6. The van der Waals surface area contributed by atoms with Crippen LogP contribution in [0, 0.1) is 23.7 Å². The Balaban J connectivity index is 0.000000210. The van der Waals surface area contributed by atoms with Gasteiger partial charge >= 0.3 is 10.4 Å². The highest BCUT2D eigenvalue weighted by Gasteiger charge is 2.43. The van der Waals surface area contributed by atoms with Crippen molar-refractivity contribution in [3.63, 3.8) is 0 Å². The molecule has 7 N–H and O–H groups in total. The molecular weight excluding hydrogens is 769 g/mol. The van der Waals surface area contributed by atoms with E-state index in [2.05, 4.69) is 45.1 Å². The van der Waals surface area contributed by atoms with Crippen molar-refractivity contribution in [1.82, 2.24) is 19.8 Å². The van der Waals surface area contributed by atoms with E-state index in [4.69, 9.17) is 36.9 Å². The number of rotatable bonds is 8. The highest BCUT2D eigenvalue weighted by molar-refractivity contribution is 7.79. The molecule has 316 valence electrons. The Morgan fingerprint density at radius 1 is 0.776 bits per heavy atom. The molecule has 4 bridgehead atoms. The number of methoxy groups -OCH3 is 2. The van der Waals surface area contributed by atoms with E-state index in [1.165, 1.54) is 12.8 Å². The predicted molar refractivity (Wildman–Crippen MR) is 221 cm³/mol. The lowest BCUT2D eigenvalue weighted by Crippen LogP contribution is -2.54. The van der Waals surface area contributed by atoms with Crippen molar-refractivity contribution in [1.29, 1.82) is 0 Å². The van der Waals surface area contributed by atoms with Crippen LogP contribution in [0.1, 0.15) is 55.9 Å². The van der Waals surface area contributed by atoms with Crippen molar-refractivity contribution in [3.05, 3.63) is 97.4 Å². The van der Waals surface area contributed by atoms with Crippen molar-refractivity contribution in [2.75, 3.05) is 40.4 Å². The Hall–Kier alpha value is -4.52. The highest BCUT2D eigenvalue weighted by atomic mass is 32.3. The van der Waals surface area contributed by atoms with E-state index in [1.807, 2.05) is 48.5 Å². The van der Waals surface area contributed by atoms with Crippen LogP contribution in [0.2, 0.25) is 0 Å². The average Bonchev–Trinajstić information content (AvgIpc) is 3.21. The third-order valence-corrected chi connectivity index (χ3v) is 11.6. The first-order chi connectivity index (χ1) is 27.1. The van der Waals surface area contributed by atoms with Gasteiger partial charge in [-0.2, -0.15) is 8.42 Å². The van der Waals surface area contributed by atoms with Crippen LogP contribution in [0.5, 0.6) is 11.5 Å². The number of benzene rings is 2. The summed E-state index contributed by atoms with van der Waals surface area (Å²) in [6.45, 7) is 13.2. The molecule has 15 nitrogen and oxygen atoms in total. The molecule has 10 rings (SSSR count). The molecule has 2 unspecified atom stereocenters. The summed E-state index contributed by atoms with van der Waals surface area (Å²) >= 11 is 0. The molecule has 58 heavy (non-hydrogen) atoms. The fourth-order valence-electron chi connectivity index (χ4n) is 8.89. The number of aliphatic hydroxyl groups is 2. The molecule has 2 aromatic heterocycles. The van der Waals surface area contributed by atoms with Gasteiger partial charge in [0.25, 0.3) is 5.97 Å². The number of ether oxygens (including phenoxy) is 2. The Morgan fingerprint density at radius 2 is 1.14 bits per heavy atom. The number of pyridine rings is 2. The molecule has 0 radical (unpaired) electrons. The molecule has 6 saturated heterocycles. The molecule has 6 aliphatic rings. The van der Waals surface area contributed by atoms with Crippen molar-refractivity contribution in [3.8, 4) is 11.5 Å². The summed E-state index contributed by atoms with van der Waals surface area (Å²) in [6, 6.07) is 15.9. The van der Waals surface area contributed by atoms with E-state index < -0.39 is 28.6 Å². The van der Waals surface area contributed by atoms with E-state index in [-0.39, 0.29) is 17.6 Å². The van der Waals surface area contributed by atoms with Crippen molar-refractivity contribution < 1.29 is 52.6 Å². The van der Waals surface area contributed by atoms with Crippen LogP contribution < -0.4 is 9.47 Å². The van der Waals surface area contributed by atoms with Gasteiger partial charge in [-0.05, 0) is 122 Å². The van der Waals surface area contributed by atoms with Crippen molar-refractivity contribution >= 4 is 38.2 Å². The SMILES string of the molecule is C=C[C@H]1CN2CC[C@H]1C[C@H]2[C@H](O)c1ccnc2ccc(OC)cc12.C=C[C@H]1CN2CC[C@H]1C[C@H]2[C@H](O)c1ccnc2ccc(OC)cc12.CC(=O)O.O.O=S(=O)(O)O. The second-order valence-corrected chi connectivity index (χ2v) is 15.8. The molecule has 0 saturated carbocycles. The summed E-state index contributed by atoms with van der Waals surface area (Å²) in [5.41, 5.74) is 3.69. The zero-order valence-electron chi connectivity index (χ0n) is 33.1. The Bertz CT molecular complexity index is 2000. The molecule has 0 amide bonds. The van der Waals surface area contributed by atoms with Crippen LogP contribution in [0.15, 0.2) is 86.2 Å². The number of hydrogen-bond acceptors (Lipinski definition) is 11. The van der Waals surface area contributed by atoms with Gasteiger partial charge in [0.05, 0.1) is 37.5 Å². The van der Waals surface area contributed by atoms with Gasteiger partial charge in [0.15, 0.2) is 0 Å². The zero-order chi connectivity index (χ0) is 41.4. The van der Waals surface area contributed by atoms with Crippen LogP contribution in [0.4, 0.5) is 0 Å². The Morgan fingerprint density at radius 3 is 1.43 bits per heavy atom. The monoisotopic (exact) mass is 824 g/mol. The first kappa shape index (κ1) is 46.2. The average molecular weight is 825 g/mol. The quantitative estimate of drug-likeness (QED) is 0.117. The molecule has 2 aromatic carbocycles. The predicted octanol–water partition coefficient (Wildman–Crippen LogP) is 4.96. The number of nitrogens with zero attached hydrogens (tertiary/aromatic N) is 4. The summed E-state index contributed by atoms with van der Waals surface area (Å²) in [6.07, 6.45) is 11.2. The normalized spacial score (nSPS) is 26.5. The van der Waals surface area contributed by atoms with Gasteiger partial charge in [-0.25, -0.2) is 0 Å². The molecule has 0 aliphatic carbocycles. The first-order valence-electron chi connectivity index (χ1n) is 19.0. The first-order valence-corrected chi connectivity index (χ1v) is 20.4. The molecule has 10 atom stereocenters. The van der Waals surface area contributed by atoms with E-state index in [9.17, 15) is 10.2 Å². The fourth-order valence-corrected chi connectivity index (χ4v) is 8.89. The van der Waals surface area contributed by atoms with Crippen LogP contribution in [0.25, 0.3) is 21.8 Å². The Labute approximate surface area is 339 Å². The van der Waals surface area contributed by atoms with Gasteiger partial charge < -0.3 is 30.3 Å². The second-order valence-electron chi connectivity index (χ2n) is 14.9. The minimum absolute atomic E-state index is 0. The number of aliphatic hydroxyl groups excluding tert-OH is 2. The standard InChI is InChI=1S/2C20H24N2O2.C2H4O2.H2O4S.H2O/c2*1-3-13-12-22-9-7-14(13)10-19(22)20(23)16-6-8-21-18-5-4-15(24-2)11-17(16)18;1-2(3)4;1-5(2,3)4;/h2*3-6,8,11,13-14,19-20,23H,1,7,9-10,12H2,2H3;1H3,(H,3,4);(H2,1,2,3,4);1H2/t2*13-,14-,19-,20+;;;/m00.../s1. The maximum Gasteiger partial charge on any atom is 0.394 e. The number of carboxylic acid groups (broad SMARTS) is 1. The van der Waals surface area contributed by atoms with E-state index in [0.717, 1.165) is 90.4 Å². The molecule has 6 aliphatic heterocycles. The Kier molecular flexibility index (Phi) is 16.3. The van der Waals surface area contributed by atoms with Crippen molar-refractivity contribution in [2.45, 2.75) is 56.9 Å². The van der Waals surface area contributed by atoms with Gasteiger partial charge in [-0.3, -0.25) is 33.7 Å². The highest BCUT2D eigenvalue weighted by Crippen LogP contribution is 2.43. The van der Waals surface area contributed by atoms with Gasteiger partial charge in [0.1, 0.15) is 11.5 Å². The van der Waals surface area contributed by atoms with Gasteiger partial charge in [-0.1, -0.05) is 12.2 Å². The smallest absolute Gasteiger partial charge is 0.394 e. The zero-order valence-corrected chi connectivity index (χ0v) is 33.9. The summed E-state index contributed by atoms with van der Waals surface area (Å²) < 4.78 is 42.3. The number of hydrogen-bond donors (Lipinski definition) is 5. The van der Waals surface area contributed by atoms with Crippen LogP contribution in [-0.2, 0) is 15.2 Å². The molecule has 6 fully saturated rings. The number of piperidine rings is 6. The molecule has 4 aromatic rings. The molecular formula is C42H56N4O11S. The topological polar surface area (TPSA) is 235 Å². The molecule has 0 spiro atoms. The largest absolute Gasteiger partial charge is 0.497 e. The number of fused-ring (bicyclic) bond motifs is 8. The van der Waals surface area contributed by atoms with Gasteiger partial charge in [0.2, 0.25) is 0 Å². The lowest BCUT2D eigenvalue weighted by Gasteiger charge is -2.50. The van der Waals surface area contributed by atoms with Crippen LogP contribution in [0.3, 0.4) is 0 Å².